The number of sulfonamides is 1. The molecule has 2 amide bonds. The number of nitrogens with one attached hydrogen (secondary N) is 2. The summed E-state index contributed by atoms with van der Waals surface area (Å²) in [5.41, 5.74) is 0.495. The van der Waals surface area contributed by atoms with Gasteiger partial charge in [-0.2, -0.15) is 4.31 Å². The molecule has 162 valence electrons. The first-order chi connectivity index (χ1) is 14.3. The van der Waals surface area contributed by atoms with E-state index in [-0.39, 0.29) is 35.8 Å². The van der Waals surface area contributed by atoms with Gasteiger partial charge in [0.25, 0.3) is 0 Å². The van der Waals surface area contributed by atoms with Gasteiger partial charge in [-0.3, -0.25) is 9.59 Å². The molecule has 30 heavy (non-hydrogen) atoms. The normalized spacial score (nSPS) is 15.1. The van der Waals surface area contributed by atoms with Gasteiger partial charge in [-0.1, -0.05) is 19.3 Å². The largest absolute Gasteiger partial charge is 0.468 e. The third kappa shape index (κ3) is 5.93. The Morgan fingerprint density at radius 1 is 1.10 bits per heavy atom. The summed E-state index contributed by atoms with van der Waals surface area (Å²) in [6, 6.07) is 9.29. The molecule has 0 aliphatic heterocycles. The van der Waals surface area contributed by atoms with Crippen molar-refractivity contribution in [3.8, 4) is 0 Å². The van der Waals surface area contributed by atoms with Gasteiger partial charge < -0.3 is 15.1 Å². The summed E-state index contributed by atoms with van der Waals surface area (Å²) in [7, 11) is -3.96. The molecular weight excluding hydrogens is 406 g/mol. The molecule has 1 aromatic heterocycles. The van der Waals surface area contributed by atoms with E-state index in [1.807, 2.05) is 0 Å². The second kappa shape index (κ2) is 9.90. The number of furan rings is 1. The van der Waals surface area contributed by atoms with E-state index in [0.717, 1.165) is 30.0 Å². The van der Waals surface area contributed by atoms with Crippen molar-refractivity contribution in [2.45, 2.75) is 56.5 Å². The minimum absolute atomic E-state index is 0.0358. The van der Waals surface area contributed by atoms with Crippen LogP contribution in [0.15, 0.2) is 52.0 Å². The molecule has 1 saturated carbocycles. The van der Waals surface area contributed by atoms with Crippen LogP contribution in [-0.4, -0.2) is 37.1 Å². The van der Waals surface area contributed by atoms with E-state index >= 15 is 0 Å². The van der Waals surface area contributed by atoms with Crippen molar-refractivity contribution in [2.24, 2.45) is 0 Å². The van der Waals surface area contributed by atoms with Crippen LogP contribution in [0, 0.1) is 0 Å². The monoisotopic (exact) mass is 433 g/mol. The Labute approximate surface area is 176 Å². The van der Waals surface area contributed by atoms with Gasteiger partial charge in [0.2, 0.25) is 21.8 Å². The van der Waals surface area contributed by atoms with E-state index in [1.54, 1.807) is 12.1 Å². The quantitative estimate of drug-likeness (QED) is 0.665. The molecule has 0 unspecified atom stereocenters. The topological polar surface area (TPSA) is 109 Å². The Hall–Kier alpha value is -2.65. The van der Waals surface area contributed by atoms with Crippen LogP contribution in [0.5, 0.6) is 0 Å². The number of nitrogens with zero attached hydrogens (tertiary/aromatic N) is 1. The van der Waals surface area contributed by atoms with Crippen molar-refractivity contribution in [1.82, 2.24) is 9.62 Å². The van der Waals surface area contributed by atoms with Crippen LogP contribution in [0.25, 0.3) is 0 Å². The van der Waals surface area contributed by atoms with Gasteiger partial charge in [-0.15, -0.1) is 0 Å². The zero-order valence-corrected chi connectivity index (χ0v) is 17.8. The van der Waals surface area contributed by atoms with E-state index in [9.17, 15) is 18.0 Å². The van der Waals surface area contributed by atoms with Crippen molar-refractivity contribution < 1.29 is 22.4 Å². The average Bonchev–Trinajstić information content (AvgIpc) is 3.21. The fourth-order valence-electron chi connectivity index (χ4n) is 3.55. The van der Waals surface area contributed by atoms with Crippen molar-refractivity contribution in [3.63, 3.8) is 0 Å². The highest BCUT2D eigenvalue weighted by Gasteiger charge is 2.28. The van der Waals surface area contributed by atoms with Gasteiger partial charge in [0.1, 0.15) is 5.76 Å². The summed E-state index contributed by atoms with van der Waals surface area (Å²) < 4.78 is 32.9. The lowest BCUT2D eigenvalue weighted by Crippen LogP contribution is -2.44. The van der Waals surface area contributed by atoms with Crippen molar-refractivity contribution in [1.29, 1.82) is 0 Å². The minimum Gasteiger partial charge on any atom is -0.468 e. The van der Waals surface area contributed by atoms with E-state index in [1.165, 1.54) is 43.9 Å². The van der Waals surface area contributed by atoms with Crippen LogP contribution >= 0.6 is 0 Å². The molecule has 1 aliphatic carbocycles. The highest BCUT2D eigenvalue weighted by atomic mass is 32.2. The molecule has 8 nitrogen and oxygen atoms in total. The van der Waals surface area contributed by atoms with Crippen LogP contribution in [-0.2, 0) is 26.2 Å². The Morgan fingerprint density at radius 3 is 2.40 bits per heavy atom. The lowest BCUT2D eigenvalue weighted by atomic mass is 9.95. The van der Waals surface area contributed by atoms with Crippen LogP contribution in [0.4, 0.5) is 5.69 Å². The summed E-state index contributed by atoms with van der Waals surface area (Å²) in [5, 5.41) is 5.56. The van der Waals surface area contributed by atoms with Gasteiger partial charge in [0, 0.05) is 18.7 Å². The molecular formula is C21H27N3O5S. The molecule has 1 aliphatic rings. The molecule has 0 radical (unpaired) electrons. The molecule has 0 saturated heterocycles. The van der Waals surface area contributed by atoms with Gasteiger partial charge in [0.05, 0.1) is 24.2 Å². The van der Waals surface area contributed by atoms with E-state index in [0.29, 0.717) is 11.4 Å². The number of hydrogen-bond donors (Lipinski definition) is 2. The van der Waals surface area contributed by atoms with Gasteiger partial charge in [-0.25, -0.2) is 8.42 Å². The molecule has 1 heterocycles. The maximum absolute atomic E-state index is 13.2. The lowest BCUT2D eigenvalue weighted by Gasteiger charge is -2.25. The Kier molecular flexibility index (Phi) is 7.28. The molecule has 1 fully saturated rings. The molecule has 2 aromatic rings. The summed E-state index contributed by atoms with van der Waals surface area (Å²) in [4.78, 5) is 23.8. The first-order valence-electron chi connectivity index (χ1n) is 10.0. The maximum Gasteiger partial charge on any atom is 0.243 e. The first kappa shape index (κ1) is 22.0. The van der Waals surface area contributed by atoms with Crippen LogP contribution in [0.3, 0.4) is 0 Å². The fourth-order valence-corrected chi connectivity index (χ4v) is 4.91. The number of benzene rings is 1. The maximum atomic E-state index is 13.2. The average molecular weight is 434 g/mol. The summed E-state index contributed by atoms with van der Waals surface area (Å²) in [6.07, 6.45) is 6.60. The summed E-state index contributed by atoms with van der Waals surface area (Å²) >= 11 is 0. The highest BCUT2D eigenvalue weighted by molar-refractivity contribution is 7.89. The zero-order valence-electron chi connectivity index (χ0n) is 17.0. The van der Waals surface area contributed by atoms with Gasteiger partial charge >= 0.3 is 0 Å². The predicted molar refractivity (Wildman–Crippen MR) is 112 cm³/mol. The van der Waals surface area contributed by atoms with Crippen LogP contribution in [0.2, 0.25) is 0 Å². The zero-order chi connectivity index (χ0) is 21.6. The molecule has 2 N–H and O–H groups in total. The molecule has 3 rings (SSSR count). The fraction of sp³-hybridized carbons (Fsp3) is 0.429. The third-order valence-corrected chi connectivity index (χ3v) is 6.82. The molecule has 0 bridgehead atoms. The van der Waals surface area contributed by atoms with E-state index < -0.39 is 10.0 Å². The number of rotatable bonds is 8. The van der Waals surface area contributed by atoms with E-state index in [4.69, 9.17) is 4.42 Å². The van der Waals surface area contributed by atoms with Crippen LogP contribution in [0.1, 0.15) is 44.8 Å². The Balaban J connectivity index is 1.77. The number of anilines is 1. The number of carbonyl (C=O) groups excluding carboxylic acids is 2. The van der Waals surface area contributed by atoms with Gasteiger partial charge in [-0.05, 0) is 49.2 Å². The minimum atomic E-state index is -3.96. The van der Waals surface area contributed by atoms with Crippen molar-refractivity contribution in [2.75, 3.05) is 11.9 Å². The predicted octanol–water partition coefficient (Wildman–Crippen LogP) is 2.88. The number of carbonyl (C=O) groups is 2. The number of amides is 2. The first-order valence-corrected chi connectivity index (χ1v) is 11.5. The summed E-state index contributed by atoms with van der Waals surface area (Å²) in [5.74, 6) is -0.129. The lowest BCUT2D eigenvalue weighted by molar-refractivity contribution is -0.122. The molecule has 1 aromatic carbocycles. The second-order valence-corrected chi connectivity index (χ2v) is 9.40. The van der Waals surface area contributed by atoms with Gasteiger partial charge in [0.15, 0.2) is 0 Å². The van der Waals surface area contributed by atoms with E-state index in [2.05, 4.69) is 10.6 Å². The Morgan fingerprint density at radius 2 is 1.80 bits per heavy atom. The van der Waals surface area contributed by atoms with Crippen molar-refractivity contribution >= 4 is 27.5 Å². The standard InChI is InChI=1S/C21H27N3O5S/c1-16(25)22-18-9-11-20(12-10-18)30(27,28)24(14-19-8-5-13-29-19)15-21(26)23-17-6-3-2-4-7-17/h5,8-13,17H,2-4,6-7,14-15H2,1H3,(H,22,25)(H,23,26). The third-order valence-electron chi connectivity index (χ3n) is 5.01. The van der Waals surface area contributed by atoms with Crippen LogP contribution < -0.4 is 10.6 Å². The Bertz CT molecular complexity index is 949. The smallest absolute Gasteiger partial charge is 0.243 e. The molecule has 9 heteroatoms. The highest BCUT2D eigenvalue weighted by Crippen LogP contribution is 2.21. The summed E-state index contributed by atoms with van der Waals surface area (Å²) in [6.45, 7) is 1.02. The van der Waals surface area contributed by atoms with Crippen molar-refractivity contribution in [3.05, 3.63) is 48.4 Å². The SMILES string of the molecule is CC(=O)Nc1ccc(S(=O)(=O)N(CC(=O)NC2CCCCC2)Cc2ccco2)cc1. The molecule has 0 spiro atoms. The molecule has 0 atom stereocenters. The second-order valence-electron chi connectivity index (χ2n) is 7.46. The number of hydrogen-bond acceptors (Lipinski definition) is 5.